The fourth-order valence-corrected chi connectivity index (χ4v) is 3.97. The van der Waals surface area contributed by atoms with Crippen molar-refractivity contribution in [2.24, 2.45) is 17.1 Å². The molecule has 5 heteroatoms. The summed E-state index contributed by atoms with van der Waals surface area (Å²) in [4.78, 5) is 17.8. The molecule has 1 aromatic heterocycles. The average Bonchev–Trinajstić information content (AvgIpc) is 2.46. The van der Waals surface area contributed by atoms with E-state index >= 15 is 0 Å². The number of hydrogen-bond acceptors (Lipinski definition) is 4. The molecule has 23 heavy (non-hydrogen) atoms. The van der Waals surface area contributed by atoms with Crippen molar-refractivity contribution in [3.63, 3.8) is 0 Å². The van der Waals surface area contributed by atoms with Crippen molar-refractivity contribution in [1.29, 1.82) is 0 Å². The largest absolute Gasteiger partial charge is 0.446 e. The number of ether oxygens (including phenoxy) is 1. The van der Waals surface area contributed by atoms with Crippen molar-refractivity contribution >= 4 is 11.9 Å². The Morgan fingerprint density at radius 1 is 1.39 bits per heavy atom. The minimum absolute atomic E-state index is 0.0347. The summed E-state index contributed by atoms with van der Waals surface area (Å²) >= 11 is 0. The number of piperidine rings is 1. The van der Waals surface area contributed by atoms with Gasteiger partial charge in [0.15, 0.2) is 0 Å². The van der Waals surface area contributed by atoms with Gasteiger partial charge in [0.2, 0.25) is 0 Å². The molecule has 126 valence electrons. The minimum atomic E-state index is -0.645. The maximum Gasteiger partial charge on any atom is 0.404 e. The molecule has 2 heterocycles. The molecule has 0 bridgehead atoms. The normalized spacial score (nSPS) is 20.6. The molecular weight excluding hydrogens is 290 g/mol. The number of pyridine rings is 1. The van der Waals surface area contributed by atoms with Crippen molar-refractivity contribution < 1.29 is 9.53 Å². The highest BCUT2D eigenvalue weighted by Gasteiger charge is 2.47. The van der Waals surface area contributed by atoms with Gasteiger partial charge in [0.25, 0.3) is 0 Å². The van der Waals surface area contributed by atoms with Gasteiger partial charge in [0.1, 0.15) is 11.9 Å². The second-order valence-electron chi connectivity index (χ2n) is 7.58. The summed E-state index contributed by atoms with van der Waals surface area (Å²) < 4.78 is 5.08. The van der Waals surface area contributed by atoms with Gasteiger partial charge in [-0.05, 0) is 55.1 Å². The van der Waals surface area contributed by atoms with Gasteiger partial charge in [-0.25, -0.2) is 9.78 Å². The summed E-state index contributed by atoms with van der Waals surface area (Å²) in [5, 5.41) is 0. The van der Waals surface area contributed by atoms with Gasteiger partial charge in [-0.1, -0.05) is 19.9 Å². The Morgan fingerprint density at radius 2 is 2.09 bits per heavy atom. The molecule has 0 radical (unpaired) electrons. The third-order valence-corrected chi connectivity index (χ3v) is 5.21. The summed E-state index contributed by atoms with van der Waals surface area (Å²) in [6.45, 7) is 6.51. The summed E-state index contributed by atoms with van der Waals surface area (Å²) in [6.07, 6.45) is 6.69. The van der Waals surface area contributed by atoms with E-state index in [1.54, 1.807) is 0 Å². The van der Waals surface area contributed by atoms with E-state index in [2.05, 4.69) is 35.9 Å². The molecule has 1 spiro atoms. The SMILES string of the molecule is CC(C)Cc1ccc(N2CCC3(CC2)CC(OC(N)=O)C3)nc1. The standard InChI is InChI=1S/C18H27N3O2/c1-13(2)9-14-3-4-16(20-12-14)21-7-5-18(6-8-21)10-15(11-18)23-17(19)22/h3-4,12-13,15H,5-11H2,1-2H3,(H2,19,22). The Labute approximate surface area is 138 Å². The highest BCUT2D eigenvalue weighted by molar-refractivity contribution is 5.64. The number of carbonyl (C=O) groups is 1. The number of nitrogens with zero attached hydrogens (tertiary/aromatic N) is 2. The van der Waals surface area contributed by atoms with Gasteiger partial charge in [0.05, 0.1) is 0 Å². The molecule has 1 saturated heterocycles. The number of primary amides is 1. The molecule has 1 aliphatic heterocycles. The van der Waals surface area contributed by atoms with Crippen LogP contribution in [0.1, 0.15) is 45.1 Å². The van der Waals surface area contributed by atoms with Crippen LogP contribution in [0.15, 0.2) is 18.3 Å². The van der Waals surface area contributed by atoms with E-state index in [0.717, 1.165) is 51.0 Å². The van der Waals surface area contributed by atoms with E-state index in [4.69, 9.17) is 10.5 Å². The Hall–Kier alpha value is -1.78. The molecule has 5 nitrogen and oxygen atoms in total. The van der Waals surface area contributed by atoms with Gasteiger partial charge in [-0.15, -0.1) is 0 Å². The smallest absolute Gasteiger partial charge is 0.404 e. The second kappa shape index (κ2) is 6.38. The molecule has 1 aliphatic carbocycles. The number of nitrogens with two attached hydrogens (primary N) is 1. The Bertz CT molecular complexity index is 540. The van der Waals surface area contributed by atoms with Crippen LogP contribution >= 0.6 is 0 Å². The molecule has 1 amide bonds. The summed E-state index contributed by atoms with van der Waals surface area (Å²) in [7, 11) is 0. The number of anilines is 1. The minimum Gasteiger partial charge on any atom is -0.446 e. The Balaban J connectivity index is 1.50. The first-order chi connectivity index (χ1) is 11.0. The Morgan fingerprint density at radius 3 is 2.61 bits per heavy atom. The van der Waals surface area contributed by atoms with Gasteiger partial charge < -0.3 is 15.4 Å². The van der Waals surface area contributed by atoms with Crippen molar-refractivity contribution in [1.82, 2.24) is 4.98 Å². The molecule has 3 rings (SSSR count). The van der Waals surface area contributed by atoms with Gasteiger partial charge in [-0.3, -0.25) is 0 Å². The van der Waals surface area contributed by atoms with Crippen molar-refractivity contribution in [3.8, 4) is 0 Å². The molecular formula is C18H27N3O2. The third kappa shape index (κ3) is 3.77. The number of carbonyl (C=O) groups excluding carboxylic acids is 1. The van der Waals surface area contributed by atoms with Crippen LogP contribution in [0.2, 0.25) is 0 Å². The van der Waals surface area contributed by atoms with E-state index in [1.165, 1.54) is 5.56 Å². The van der Waals surface area contributed by atoms with Gasteiger partial charge in [0, 0.05) is 19.3 Å². The topological polar surface area (TPSA) is 68.5 Å². The fraction of sp³-hybridized carbons (Fsp3) is 0.667. The van der Waals surface area contributed by atoms with E-state index < -0.39 is 6.09 Å². The van der Waals surface area contributed by atoms with Crippen LogP contribution in [0.5, 0.6) is 0 Å². The zero-order chi connectivity index (χ0) is 16.4. The zero-order valence-corrected chi connectivity index (χ0v) is 14.1. The van der Waals surface area contributed by atoms with E-state index in [0.29, 0.717) is 11.3 Å². The maximum absolute atomic E-state index is 10.8. The number of amides is 1. The summed E-state index contributed by atoms with van der Waals surface area (Å²) in [6, 6.07) is 4.35. The molecule has 1 aromatic rings. The zero-order valence-electron chi connectivity index (χ0n) is 14.1. The molecule has 0 unspecified atom stereocenters. The monoisotopic (exact) mass is 317 g/mol. The van der Waals surface area contributed by atoms with Gasteiger partial charge in [-0.2, -0.15) is 0 Å². The molecule has 1 saturated carbocycles. The number of rotatable bonds is 4. The molecule has 2 aliphatic rings. The van der Waals surface area contributed by atoms with Crippen molar-refractivity contribution in [3.05, 3.63) is 23.9 Å². The van der Waals surface area contributed by atoms with E-state index in [-0.39, 0.29) is 6.10 Å². The summed E-state index contributed by atoms with van der Waals surface area (Å²) in [5.74, 6) is 1.74. The number of aromatic nitrogens is 1. The second-order valence-corrected chi connectivity index (χ2v) is 7.58. The lowest BCUT2D eigenvalue weighted by atomic mass is 9.61. The van der Waals surface area contributed by atoms with E-state index in [9.17, 15) is 4.79 Å². The van der Waals surface area contributed by atoms with Crippen molar-refractivity contribution in [2.45, 2.75) is 52.1 Å². The Kier molecular flexibility index (Phi) is 4.46. The van der Waals surface area contributed by atoms with Crippen LogP contribution in [-0.2, 0) is 11.2 Å². The lowest BCUT2D eigenvalue weighted by Gasteiger charge is -2.51. The quantitative estimate of drug-likeness (QED) is 0.926. The molecule has 2 fully saturated rings. The maximum atomic E-state index is 10.8. The highest BCUT2D eigenvalue weighted by Crippen LogP contribution is 2.50. The van der Waals surface area contributed by atoms with Crippen LogP contribution in [0.25, 0.3) is 0 Å². The van der Waals surface area contributed by atoms with E-state index in [1.807, 2.05) is 6.20 Å². The third-order valence-electron chi connectivity index (χ3n) is 5.21. The predicted molar refractivity (Wildman–Crippen MR) is 90.3 cm³/mol. The van der Waals surface area contributed by atoms with Crippen molar-refractivity contribution in [2.75, 3.05) is 18.0 Å². The number of hydrogen-bond donors (Lipinski definition) is 1. The lowest BCUT2D eigenvalue weighted by Crippen LogP contribution is -2.50. The van der Waals surface area contributed by atoms with Crippen LogP contribution in [0.3, 0.4) is 0 Å². The van der Waals surface area contributed by atoms with Crippen LogP contribution < -0.4 is 10.6 Å². The van der Waals surface area contributed by atoms with Crippen LogP contribution in [-0.4, -0.2) is 30.3 Å². The highest BCUT2D eigenvalue weighted by atomic mass is 16.6. The van der Waals surface area contributed by atoms with Gasteiger partial charge >= 0.3 is 6.09 Å². The molecule has 0 atom stereocenters. The van der Waals surface area contributed by atoms with Crippen LogP contribution in [0.4, 0.5) is 10.6 Å². The van der Waals surface area contributed by atoms with Crippen LogP contribution in [0, 0.1) is 11.3 Å². The summed E-state index contributed by atoms with van der Waals surface area (Å²) in [5.41, 5.74) is 6.75. The first-order valence-electron chi connectivity index (χ1n) is 8.62. The molecule has 0 aromatic carbocycles. The predicted octanol–water partition coefficient (Wildman–Crippen LogP) is 3.12. The lowest BCUT2D eigenvalue weighted by molar-refractivity contribution is -0.0522. The fourth-order valence-electron chi connectivity index (χ4n) is 3.97. The average molecular weight is 317 g/mol. The first kappa shape index (κ1) is 16.1. The molecule has 2 N–H and O–H groups in total. The first-order valence-corrected chi connectivity index (χ1v) is 8.62.